The Hall–Kier alpha value is -1.91. The molecule has 1 aromatic carbocycles. The first-order valence-corrected chi connectivity index (χ1v) is 7.72. The Kier molecular flexibility index (Phi) is 4.71. The molecule has 0 unspecified atom stereocenters. The zero-order valence-corrected chi connectivity index (χ0v) is 12.9. The summed E-state index contributed by atoms with van der Waals surface area (Å²) in [5.41, 5.74) is 2.30. The van der Waals surface area contributed by atoms with Gasteiger partial charge < -0.3 is 9.84 Å². The fourth-order valence-electron chi connectivity index (χ4n) is 3.13. The van der Waals surface area contributed by atoms with E-state index < -0.39 is 0 Å². The maximum absolute atomic E-state index is 10.1. The van der Waals surface area contributed by atoms with Gasteiger partial charge in [0, 0.05) is 37.4 Å². The predicted octanol–water partition coefficient (Wildman–Crippen LogP) is 2.44. The number of benzene rings is 1. The molecule has 1 aliphatic heterocycles. The minimum Gasteiger partial charge on any atom is -0.497 e. The van der Waals surface area contributed by atoms with Crippen LogP contribution in [-0.4, -0.2) is 41.3 Å². The first-order chi connectivity index (χ1) is 10.8. The highest BCUT2D eigenvalue weighted by Gasteiger charge is 2.31. The van der Waals surface area contributed by atoms with Gasteiger partial charge in [-0.05, 0) is 36.2 Å². The number of aliphatic hydroxyl groups excluding tert-OH is 1. The van der Waals surface area contributed by atoms with Gasteiger partial charge in [0.05, 0.1) is 13.2 Å². The number of pyridine rings is 1. The number of likely N-dealkylation sites (tertiary alicyclic amines) is 1. The van der Waals surface area contributed by atoms with Gasteiger partial charge in [-0.15, -0.1) is 0 Å². The van der Waals surface area contributed by atoms with Gasteiger partial charge >= 0.3 is 0 Å². The van der Waals surface area contributed by atoms with Gasteiger partial charge in [-0.3, -0.25) is 9.88 Å². The van der Waals surface area contributed by atoms with Gasteiger partial charge in [-0.1, -0.05) is 18.2 Å². The first-order valence-electron chi connectivity index (χ1n) is 7.72. The van der Waals surface area contributed by atoms with Crippen molar-refractivity contribution in [2.24, 2.45) is 0 Å². The molecule has 1 saturated heterocycles. The minimum atomic E-state index is -0.264. The van der Waals surface area contributed by atoms with Crippen molar-refractivity contribution in [1.82, 2.24) is 9.88 Å². The van der Waals surface area contributed by atoms with Crippen LogP contribution in [0.2, 0.25) is 0 Å². The van der Waals surface area contributed by atoms with Gasteiger partial charge in [-0.2, -0.15) is 0 Å². The molecule has 2 heterocycles. The van der Waals surface area contributed by atoms with E-state index in [1.807, 2.05) is 36.5 Å². The Morgan fingerprint density at radius 2 is 2.18 bits per heavy atom. The average Bonchev–Trinajstić information content (AvgIpc) is 2.95. The Morgan fingerprint density at radius 1 is 1.27 bits per heavy atom. The lowest BCUT2D eigenvalue weighted by atomic mass is 10.0. The highest BCUT2D eigenvalue weighted by atomic mass is 16.5. The number of β-amino-alcohol motifs (C(OH)–C–C–N with tert-alkyl or cyclic N) is 1. The third-order valence-corrected chi connectivity index (χ3v) is 4.24. The summed E-state index contributed by atoms with van der Waals surface area (Å²) in [6.45, 7) is 1.62. The normalized spacial score (nSPS) is 21.9. The quantitative estimate of drug-likeness (QED) is 0.921. The smallest absolute Gasteiger partial charge is 0.119 e. The average molecular weight is 298 g/mol. The molecule has 0 amide bonds. The van der Waals surface area contributed by atoms with Gasteiger partial charge in [-0.25, -0.2) is 0 Å². The van der Waals surface area contributed by atoms with Crippen molar-refractivity contribution in [1.29, 1.82) is 0 Å². The van der Waals surface area contributed by atoms with E-state index in [-0.39, 0.29) is 12.1 Å². The molecule has 1 aliphatic rings. The van der Waals surface area contributed by atoms with Crippen LogP contribution in [-0.2, 0) is 6.42 Å². The molecule has 0 bridgehead atoms. The molecular weight excluding hydrogens is 276 g/mol. The number of nitrogens with zero attached hydrogens (tertiary/aromatic N) is 2. The van der Waals surface area contributed by atoms with E-state index in [0.717, 1.165) is 30.8 Å². The number of hydrogen-bond acceptors (Lipinski definition) is 4. The molecule has 3 rings (SSSR count). The molecule has 2 aromatic rings. The molecule has 22 heavy (non-hydrogen) atoms. The van der Waals surface area contributed by atoms with Gasteiger partial charge in [0.2, 0.25) is 0 Å². The minimum absolute atomic E-state index is 0.244. The van der Waals surface area contributed by atoms with Crippen molar-refractivity contribution in [3.63, 3.8) is 0 Å². The largest absolute Gasteiger partial charge is 0.497 e. The lowest BCUT2D eigenvalue weighted by Crippen LogP contribution is -2.27. The van der Waals surface area contributed by atoms with Crippen LogP contribution in [0.15, 0.2) is 48.7 Å². The third kappa shape index (κ3) is 3.46. The highest BCUT2D eigenvalue weighted by molar-refractivity contribution is 5.31. The topological polar surface area (TPSA) is 45.6 Å². The number of aliphatic hydroxyl groups is 1. The van der Waals surface area contributed by atoms with E-state index in [9.17, 15) is 5.11 Å². The van der Waals surface area contributed by atoms with Crippen LogP contribution in [0.1, 0.15) is 23.7 Å². The zero-order valence-electron chi connectivity index (χ0n) is 12.9. The Morgan fingerprint density at radius 3 is 2.95 bits per heavy atom. The van der Waals surface area contributed by atoms with Crippen LogP contribution in [0.4, 0.5) is 0 Å². The molecule has 0 spiro atoms. The molecule has 1 aromatic heterocycles. The fourth-order valence-corrected chi connectivity index (χ4v) is 3.13. The summed E-state index contributed by atoms with van der Waals surface area (Å²) in [4.78, 5) is 6.72. The SMILES string of the molecule is COc1cccc([C@H]2C[C@@H](O)CN2CCc2ccccn2)c1. The molecule has 116 valence electrons. The van der Waals surface area contributed by atoms with Crippen LogP contribution in [0, 0.1) is 0 Å². The van der Waals surface area contributed by atoms with Crippen LogP contribution < -0.4 is 4.74 Å². The Bertz CT molecular complexity index is 603. The van der Waals surface area contributed by atoms with Gasteiger partial charge in [0.1, 0.15) is 5.75 Å². The number of rotatable bonds is 5. The summed E-state index contributed by atoms with van der Waals surface area (Å²) in [6.07, 6.45) is 3.23. The van der Waals surface area contributed by atoms with E-state index in [1.165, 1.54) is 5.56 Å². The zero-order chi connectivity index (χ0) is 15.4. The van der Waals surface area contributed by atoms with E-state index in [2.05, 4.69) is 22.0 Å². The first kappa shape index (κ1) is 15.0. The standard InChI is InChI=1S/C18H22N2O2/c1-22-17-7-4-5-14(11-17)18-12-16(21)13-20(18)10-8-15-6-2-3-9-19-15/h2-7,9,11,16,18,21H,8,10,12-13H2,1H3/t16-,18-/m1/s1. The van der Waals surface area contributed by atoms with Crippen molar-refractivity contribution >= 4 is 0 Å². The Balaban J connectivity index is 1.71. The number of aromatic nitrogens is 1. The van der Waals surface area contributed by atoms with E-state index in [4.69, 9.17) is 4.74 Å². The summed E-state index contributed by atoms with van der Waals surface area (Å²) < 4.78 is 5.31. The second kappa shape index (κ2) is 6.90. The van der Waals surface area contributed by atoms with Crippen LogP contribution in [0.3, 0.4) is 0 Å². The third-order valence-electron chi connectivity index (χ3n) is 4.24. The van der Waals surface area contributed by atoms with Crippen molar-refractivity contribution in [2.45, 2.75) is 25.0 Å². The summed E-state index contributed by atoms with van der Waals surface area (Å²) in [5, 5.41) is 10.1. The molecule has 4 heteroatoms. The van der Waals surface area contributed by atoms with Gasteiger partial charge in [0.15, 0.2) is 0 Å². The van der Waals surface area contributed by atoms with Crippen LogP contribution in [0.5, 0.6) is 5.75 Å². The molecule has 4 nitrogen and oxygen atoms in total. The maximum Gasteiger partial charge on any atom is 0.119 e. The lowest BCUT2D eigenvalue weighted by Gasteiger charge is -2.24. The predicted molar refractivity (Wildman–Crippen MR) is 85.9 cm³/mol. The highest BCUT2D eigenvalue weighted by Crippen LogP contribution is 2.33. The van der Waals surface area contributed by atoms with Crippen molar-refractivity contribution < 1.29 is 9.84 Å². The summed E-state index contributed by atoms with van der Waals surface area (Å²) in [6, 6.07) is 14.4. The molecule has 1 fully saturated rings. The molecular formula is C18H22N2O2. The molecule has 1 N–H and O–H groups in total. The molecule has 2 atom stereocenters. The number of ether oxygens (including phenoxy) is 1. The fraction of sp³-hybridized carbons (Fsp3) is 0.389. The Labute approximate surface area is 131 Å². The van der Waals surface area contributed by atoms with Crippen molar-refractivity contribution in [3.8, 4) is 5.75 Å². The molecule has 0 saturated carbocycles. The molecule has 0 aliphatic carbocycles. The van der Waals surface area contributed by atoms with Crippen LogP contribution >= 0.6 is 0 Å². The summed E-state index contributed by atoms with van der Waals surface area (Å²) in [5.74, 6) is 0.864. The van der Waals surface area contributed by atoms with E-state index in [1.54, 1.807) is 7.11 Å². The number of hydrogen-bond donors (Lipinski definition) is 1. The summed E-state index contributed by atoms with van der Waals surface area (Å²) >= 11 is 0. The van der Waals surface area contributed by atoms with Crippen LogP contribution in [0.25, 0.3) is 0 Å². The van der Waals surface area contributed by atoms with Gasteiger partial charge in [0.25, 0.3) is 0 Å². The second-order valence-electron chi connectivity index (χ2n) is 5.75. The van der Waals surface area contributed by atoms with Crippen molar-refractivity contribution in [2.75, 3.05) is 20.2 Å². The van der Waals surface area contributed by atoms with E-state index in [0.29, 0.717) is 6.54 Å². The van der Waals surface area contributed by atoms with E-state index >= 15 is 0 Å². The molecule has 0 radical (unpaired) electrons. The second-order valence-corrected chi connectivity index (χ2v) is 5.75. The van der Waals surface area contributed by atoms with Crippen molar-refractivity contribution in [3.05, 3.63) is 59.9 Å². The number of methoxy groups -OCH3 is 1. The summed E-state index contributed by atoms with van der Waals surface area (Å²) in [7, 11) is 1.68. The maximum atomic E-state index is 10.1. The lowest BCUT2D eigenvalue weighted by molar-refractivity contribution is 0.175. The monoisotopic (exact) mass is 298 g/mol.